The second kappa shape index (κ2) is 12.4. The molecule has 2 aromatic heterocycles. The zero-order chi connectivity index (χ0) is 23.8. The van der Waals surface area contributed by atoms with Crippen molar-refractivity contribution in [2.24, 2.45) is 11.8 Å². The SMILES string of the molecule is COc1ccc2nccc([C@H](O)CC[C@@H]3CCN(CCCSc4ncccn4)C[C@@H]3CO)c2c1. The molecule has 1 aliphatic heterocycles. The fourth-order valence-corrected chi connectivity index (χ4v) is 5.58. The number of nitrogens with zero attached hydrogens (tertiary/aromatic N) is 4. The molecule has 3 heterocycles. The Bertz CT molecular complexity index is 1040. The summed E-state index contributed by atoms with van der Waals surface area (Å²) < 4.78 is 5.36. The van der Waals surface area contributed by atoms with Gasteiger partial charge in [0.2, 0.25) is 0 Å². The Morgan fingerprint density at radius 2 is 2.00 bits per heavy atom. The minimum Gasteiger partial charge on any atom is -0.497 e. The van der Waals surface area contributed by atoms with Crippen LogP contribution >= 0.6 is 11.8 Å². The summed E-state index contributed by atoms with van der Waals surface area (Å²) in [5.41, 5.74) is 1.75. The highest BCUT2D eigenvalue weighted by atomic mass is 32.2. The van der Waals surface area contributed by atoms with Crippen molar-refractivity contribution in [1.29, 1.82) is 0 Å². The first-order valence-corrected chi connectivity index (χ1v) is 13.0. The van der Waals surface area contributed by atoms with Gasteiger partial charge in [-0.3, -0.25) is 4.98 Å². The van der Waals surface area contributed by atoms with E-state index in [1.807, 2.05) is 30.3 Å². The number of ether oxygens (including phenoxy) is 1. The predicted molar refractivity (Wildman–Crippen MR) is 135 cm³/mol. The average Bonchev–Trinajstić information content (AvgIpc) is 2.89. The summed E-state index contributed by atoms with van der Waals surface area (Å²) in [6, 6.07) is 9.49. The summed E-state index contributed by atoms with van der Waals surface area (Å²) >= 11 is 1.69. The van der Waals surface area contributed by atoms with E-state index in [4.69, 9.17) is 4.74 Å². The molecule has 0 aliphatic carbocycles. The number of methoxy groups -OCH3 is 1. The lowest BCUT2D eigenvalue weighted by Crippen LogP contribution is -2.42. The molecule has 7 nitrogen and oxygen atoms in total. The summed E-state index contributed by atoms with van der Waals surface area (Å²) in [5.74, 6) is 2.42. The van der Waals surface area contributed by atoms with Gasteiger partial charge in [-0.15, -0.1) is 0 Å². The van der Waals surface area contributed by atoms with Crippen LogP contribution in [0.1, 0.15) is 37.4 Å². The quantitative estimate of drug-likeness (QED) is 0.241. The number of hydrogen-bond donors (Lipinski definition) is 2. The molecular weight excluding hydrogens is 448 g/mol. The van der Waals surface area contributed by atoms with Gasteiger partial charge in [0.05, 0.1) is 18.7 Å². The van der Waals surface area contributed by atoms with Crippen LogP contribution in [0.25, 0.3) is 10.9 Å². The zero-order valence-corrected chi connectivity index (χ0v) is 20.5. The highest BCUT2D eigenvalue weighted by molar-refractivity contribution is 7.99. The van der Waals surface area contributed by atoms with Gasteiger partial charge in [0.15, 0.2) is 5.16 Å². The first-order valence-electron chi connectivity index (χ1n) is 12.0. The molecule has 4 rings (SSSR count). The molecule has 0 amide bonds. The van der Waals surface area contributed by atoms with Gasteiger partial charge in [-0.2, -0.15) is 0 Å². The molecule has 2 N–H and O–H groups in total. The Hall–Kier alpha value is -2.26. The highest BCUT2D eigenvalue weighted by Crippen LogP contribution is 2.33. The van der Waals surface area contributed by atoms with E-state index in [0.717, 1.165) is 72.0 Å². The maximum atomic E-state index is 11.0. The summed E-state index contributed by atoms with van der Waals surface area (Å²) in [5, 5.41) is 22.8. The fourth-order valence-electron chi connectivity index (χ4n) is 4.85. The first kappa shape index (κ1) is 24.9. The molecule has 3 aromatic rings. The molecule has 0 radical (unpaired) electrons. The van der Waals surface area contributed by atoms with Crippen LogP contribution in [-0.2, 0) is 0 Å². The second-order valence-electron chi connectivity index (χ2n) is 8.90. The number of aliphatic hydroxyl groups is 2. The Morgan fingerprint density at radius 1 is 1.15 bits per heavy atom. The topological polar surface area (TPSA) is 91.6 Å². The minimum absolute atomic E-state index is 0.194. The van der Waals surface area contributed by atoms with Crippen molar-refractivity contribution in [3.63, 3.8) is 0 Å². The van der Waals surface area contributed by atoms with Crippen molar-refractivity contribution in [1.82, 2.24) is 19.9 Å². The lowest BCUT2D eigenvalue weighted by molar-refractivity contribution is 0.0581. The summed E-state index contributed by atoms with van der Waals surface area (Å²) in [7, 11) is 1.64. The van der Waals surface area contributed by atoms with E-state index < -0.39 is 6.10 Å². The van der Waals surface area contributed by atoms with E-state index in [9.17, 15) is 10.2 Å². The van der Waals surface area contributed by atoms with Crippen molar-refractivity contribution in [2.45, 2.75) is 36.9 Å². The van der Waals surface area contributed by atoms with Gasteiger partial charge in [-0.1, -0.05) is 11.8 Å². The predicted octanol–water partition coefficient (Wildman–Crippen LogP) is 3.96. The van der Waals surface area contributed by atoms with Crippen molar-refractivity contribution in [3.8, 4) is 5.75 Å². The largest absolute Gasteiger partial charge is 0.497 e. The molecule has 1 aliphatic rings. The number of thioether (sulfide) groups is 1. The maximum Gasteiger partial charge on any atom is 0.187 e. The van der Waals surface area contributed by atoms with E-state index >= 15 is 0 Å². The highest BCUT2D eigenvalue weighted by Gasteiger charge is 2.29. The van der Waals surface area contributed by atoms with Crippen molar-refractivity contribution in [3.05, 3.63) is 54.5 Å². The summed E-state index contributed by atoms with van der Waals surface area (Å²) in [6.07, 6.45) is 8.44. The molecule has 1 fully saturated rings. The van der Waals surface area contributed by atoms with Crippen LogP contribution < -0.4 is 4.74 Å². The summed E-state index contributed by atoms with van der Waals surface area (Å²) in [6.45, 7) is 3.17. The van der Waals surface area contributed by atoms with Crippen LogP contribution in [0.2, 0.25) is 0 Å². The second-order valence-corrected chi connectivity index (χ2v) is 9.96. The number of benzene rings is 1. The molecule has 0 spiro atoms. The first-order chi connectivity index (χ1) is 16.7. The molecule has 1 saturated heterocycles. The Balaban J connectivity index is 1.26. The van der Waals surface area contributed by atoms with Crippen LogP contribution in [0.5, 0.6) is 5.75 Å². The molecular formula is C26H34N4O3S. The third-order valence-corrected chi connectivity index (χ3v) is 7.72. The van der Waals surface area contributed by atoms with E-state index in [1.165, 1.54) is 0 Å². The number of rotatable bonds is 11. The Morgan fingerprint density at radius 3 is 2.79 bits per heavy atom. The number of hydrogen-bond acceptors (Lipinski definition) is 8. The van der Waals surface area contributed by atoms with Gasteiger partial charge in [0, 0.05) is 42.9 Å². The van der Waals surface area contributed by atoms with Crippen LogP contribution in [0.3, 0.4) is 0 Å². The lowest BCUT2D eigenvalue weighted by atomic mass is 9.81. The van der Waals surface area contributed by atoms with E-state index in [0.29, 0.717) is 12.3 Å². The van der Waals surface area contributed by atoms with E-state index in [1.54, 1.807) is 37.5 Å². The fraction of sp³-hybridized carbons (Fsp3) is 0.500. The average molecular weight is 483 g/mol. The molecule has 3 atom stereocenters. The van der Waals surface area contributed by atoms with Gasteiger partial charge < -0.3 is 19.8 Å². The third-order valence-electron chi connectivity index (χ3n) is 6.75. The van der Waals surface area contributed by atoms with Crippen LogP contribution in [0.4, 0.5) is 0 Å². The maximum absolute atomic E-state index is 11.0. The van der Waals surface area contributed by atoms with Crippen LogP contribution in [0.15, 0.2) is 54.1 Å². The number of fused-ring (bicyclic) bond motifs is 1. The van der Waals surface area contributed by atoms with Crippen LogP contribution in [0, 0.1) is 11.8 Å². The minimum atomic E-state index is -0.563. The van der Waals surface area contributed by atoms with E-state index in [2.05, 4.69) is 19.9 Å². The summed E-state index contributed by atoms with van der Waals surface area (Å²) in [4.78, 5) is 15.4. The number of piperidine rings is 1. The standard InChI is InChI=1S/C26H34N4O3S/c1-33-21-5-6-24-23(16-21)22(8-12-27-24)25(32)7-4-19-9-14-30(17-20(19)18-31)13-3-15-34-26-28-10-2-11-29-26/h2,5-6,8,10-12,16,19-20,25,31-32H,3-4,7,9,13-15,17-18H2,1H3/t19-,20-,25-/m1/s1. The van der Waals surface area contributed by atoms with Gasteiger partial charge in [0.25, 0.3) is 0 Å². The monoisotopic (exact) mass is 482 g/mol. The van der Waals surface area contributed by atoms with Gasteiger partial charge in [0.1, 0.15) is 5.75 Å². The van der Waals surface area contributed by atoms with Gasteiger partial charge in [-0.05, 0) is 86.5 Å². The molecule has 0 unspecified atom stereocenters. The molecule has 1 aromatic carbocycles. The molecule has 0 saturated carbocycles. The number of aromatic nitrogens is 3. The number of aliphatic hydroxyl groups excluding tert-OH is 2. The molecule has 34 heavy (non-hydrogen) atoms. The normalized spacial score (nSPS) is 19.9. The molecule has 8 heteroatoms. The smallest absolute Gasteiger partial charge is 0.187 e. The van der Waals surface area contributed by atoms with Crippen LogP contribution in [-0.4, -0.2) is 69.2 Å². The number of likely N-dealkylation sites (tertiary alicyclic amines) is 1. The molecule has 0 bridgehead atoms. The van der Waals surface area contributed by atoms with Crippen molar-refractivity contribution in [2.75, 3.05) is 39.1 Å². The molecule has 182 valence electrons. The lowest BCUT2D eigenvalue weighted by Gasteiger charge is -2.38. The third kappa shape index (κ3) is 6.44. The Kier molecular flexibility index (Phi) is 9.10. The van der Waals surface area contributed by atoms with Gasteiger partial charge in [-0.25, -0.2) is 9.97 Å². The zero-order valence-electron chi connectivity index (χ0n) is 19.7. The van der Waals surface area contributed by atoms with Crippen molar-refractivity contribution >= 4 is 22.7 Å². The van der Waals surface area contributed by atoms with E-state index in [-0.39, 0.29) is 12.5 Å². The van der Waals surface area contributed by atoms with Crippen molar-refractivity contribution < 1.29 is 14.9 Å². The number of pyridine rings is 1. The Labute approximate surface area is 205 Å². The van der Waals surface area contributed by atoms with Gasteiger partial charge >= 0.3 is 0 Å².